The van der Waals surface area contributed by atoms with Crippen LogP contribution in [0.5, 0.6) is 0 Å². The highest BCUT2D eigenvalue weighted by molar-refractivity contribution is 7.99. The first-order chi connectivity index (χ1) is 8.59. The largest absolute Gasteiger partial charge is 0.481 e. The Bertz CT molecular complexity index is 394. The van der Waals surface area contributed by atoms with Crippen LogP contribution in [-0.4, -0.2) is 28.5 Å². The third-order valence-corrected chi connectivity index (χ3v) is 3.33. The molecule has 0 heterocycles. The minimum Gasteiger partial charge on any atom is -0.481 e. The van der Waals surface area contributed by atoms with Crippen molar-refractivity contribution in [3.8, 4) is 0 Å². The van der Waals surface area contributed by atoms with E-state index in [-0.39, 0.29) is 18.4 Å². The molecule has 2 N–H and O–H groups in total. The Morgan fingerprint density at radius 2 is 2.00 bits per heavy atom. The summed E-state index contributed by atoms with van der Waals surface area (Å²) in [6, 6.07) is 9.68. The molecule has 1 amide bonds. The van der Waals surface area contributed by atoms with Crippen molar-refractivity contribution < 1.29 is 14.7 Å². The van der Waals surface area contributed by atoms with Crippen LogP contribution >= 0.6 is 11.8 Å². The molecule has 0 aliphatic heterocycles. The van der Waals surface area contributed by atoms with Crippen molar-refractivity contribution in [3.05, 3.63) is 35.9 Å². The van der Waals surface area contributed by atoms with E-state index in [1.807, 2.05) is 37.3 Å². The van der Waals surface area contributed by atoms with Gasteiger partial charge in [-0.2, -0.15) is 11.8 Å². The normalized spacial score (nSPS) is 11.8. The van der Waals surface area contributed by atoms with E-state index in [0.29, 0.717) is 11.5 Å². The summed E-state index contributed by atoms with van der Waals surface area (Å²) < 4.78 is 0. The summed E-state index contributed by atoms with van der Waals surface area (Å²) in [4.78, 5) is 21.9. The molecule has 0 saturated carbocycles. The van der Waals surface area contributed by atoms with Crippen LogP contribution in [0.4, 0.5) is 0 Å². The van der Waals surface area contributed by atoms with Crippen molar-refractivity contribution in [1.29, 1.82) is 0 Å². The molecule has 1 aromatic rings. The Morgan fingerprint density at radius 3 is 2.61 bits per heavy atom. The average Bonchev–Trinajstić information content (AvgIpc) is 2.35. The van der Waals surface area contributed by atoms with Crippen LogP contribution in [0.3, 0.4) is 0 Å². The van der Waals surface area contributed by atoms with Crippen LogP contribution in [0.2, 0.25) is 0 Å². The van der Waals surface area contributed by atoms with Gasteiger partial charge in [-0.3, -0.25) is 9.59 Å². The number of hydrogen-bond donors (Lipinski definition) is 2. The maximum atomic E-state index is 11.6. The molecule has 1 aromatic carbocycles. The highest BCUT2D eigenvalue weighted by Gasteiger charge is 2.09. The highest BCUT2D eigenvalue weighted by Crippen LogP contribution is 2.11. The van der Waals surface area contributed by atoms with Crippen molar-refractivity contribution >= 4 is 23.6 Å². The first-order valence-corrected chi connectivity index (χ1v) is 6.89. The predicted molar refractivity (Wildman–Crippen MR) is 72.6 cm³/mol. The van der Waals surface area contributed by atoms with Gasteiger partial charge < -0.3 is 10.4 Å². The van der Waals surface area contributed by atoms with Gasteiger partial charge in [0.15, 0.2) is 0 Å². The lowest BCUT2D eigenvalue weighted by atomic mass is 10.1. The van der Waals surface area contributed by atoms with Gasteiger partial charge in [0.25, 0.3) is 0 Å². The molecular weight excluding hydrogens is 250 g/mol. The summed E-state index contributed by atoms with van der Waals surface area (Å²) in [7, 11) is 0. The topological polar surface area (TPSA) is 66.4 Å². The second-order valence-electron chi connectivity index (χ2n) is 3.90. The van der Waals surface area contributed by atoms with Crippen LogP contribution in [0.25, 0.3) is 0 Å². The van der Waals surface area contributed by atoms with Gasteiger partial charge in [0.05, 0.1) is 18.2 Å². The number of hydrogen-bond acceptors (Lipinski definition) is 3. The van der Waals surface area contributed by atoms with E-state index < -0.39 is 5.97 Å². The first-order valence-electron chi connectivity index (χ1n) is 5.73. The maximum Gasteiger partial charge on any atom is 0.304 e. The molecule has 0 fully saturated rings. The fourth-order valence-corrected chi connectivity index (χ4v) is 2.16. The molecule has 0 saturated heterocycles. The molecule has 0 radical (unpaired) electrons. The Morgan fingerprint density at radius 1 is 1.33 bits per heavy atom. The van der Waals surface area contributed by atoms with Crippen molar-refractivity contribution in [1.82, 2.24) is 5.32 Å². The smallest absolute Gasteiger partial charge is 0.304 e. The Labute approximate surface area is 111 Å². The minimum absolute atomic E-state index is 0.0289. The van der Waals surface area contributed by atoms with Crippen LogP contribution < -0.4 is 5.32 Å². The fraction of sp³-hybridized carbons (Fsp3) is 0.385. The van der Waals surface area contributed by atoms with E-state index >= 15 is 0 Å². The van der Waals surface area contributed by atoms with Gasteiger partial charge in [0.2, 0.25) is 5.91 Å². The Hall–Kier alpha value is -1.49. The molecule has 0 aromatic heterocycles. The number of aliphatic carboxylic acids is 1. The van der Waals surface area contributed by atoms with Gasteiger partial charge >= 0.3 is 5.97 Å². The first kappa shape index (κ1) is 14.6. The molecule has 4 nitrogen and oxygen atoms in total. The van der Waals surface area contributed by atoms with E-state index in [0.717, 1.165) is 5.56 Å². The van der Waals surface area contributed by atoms with Crippen LogP contribution in [-0.2, 0) is 9.59 Å². The monoisotopic (exact) mass is 267 g/mol. The summed E-state index contributed by atoms with van der Waals surface area (Å²) in [6.07, 6.45) is 0.0895. The zero-order valence-corrected chi connectivity index (χ0v) is 11.1. The van der Waals surface area contributed by atoms with Gasteiger partial charge in [0.1, 0.15) is 0 Å². The number of nitrogens with one attached hydrogen (secondary N) is 1. The molecule has 0 spiro atoms. The lowest BCUT2D eigenvalue weighted by molar-refractivity contribution is -0.136. The quantitative estimate of drug-likeness (QED) is 0.742. The third-order valence-electron chi connectivity index (χ3n) is 2.37. The Balaban J connectivity index is 2.26. The molecule has 1 rings (SSSR count). The van der Waals surface area contributed by atoms with Crippen LogP contribution in [0.15, 0.2) is 30.3 Å². The molecule has 1 atom stereocenters. The van der Waals surface area contributed by atoms with Crippen molar-refractivity contribution in [2.75, 3.05) is 11.5 Å². The highest BCUT2D eigenvalue weighted by atomic mass is 32.2. The summed E-state index contributed by atoms with van der Waals surface area (Å²) in [6.45, 7) is 1.93. The maximum absolute atomic E-state index is 11.6. The number of carbonyl (C=O) groups is 2. The number of carboxylic acids is 1. The van der Waals surface area contributed by atoms with Crippen molar-refractivity contribution in [2.24, 2.45) is 0 Å². The zero-order valence-electron chi connectivity index (χ0n) is 10.3. The molecular formula is C13H17NO3S. The molecule has 0 bridgehead atoms. The molecule has 18 heavy (non-hydrogen) atoms. The summed E-state index contributed by atoms with van der Waals surface area (Å²) in [5.74, 6) is -0.144. The fourth-order valence-electron chi connectivity index (χ4n) is 1.43. The summed E-state index contributed by atoms with van der Waals surface area (Å²) in [5.41, 5.74) is 1.06. The van der Waals surface area contributed by atoms with E-state index in [2.05, 4.69) is 5.32 Å². The molecule has 0 aliphatic carbocycles. The standard InChI is InChI=1S/C13H17NO3S/c1-10(11-5-3-2-4-6-11)14-12(15)9-18-8-7-13(16)17/h2-6,10H,7-9H2,1H3,(H,14,15)(H,16,17). The third kappa shape index (κ3) is 5.72. The van der Waals surface area contributed by atoms with Crippen LogP contribution in [0.1, 0.15) is 24.9 Å². The average molecular weight is 267 g/mol. The van der Waals surface area contributed by atoms with Crippen molar-refractivity contribution in [2.45, 2.75) is 19.4 Å². The van der Waals surface area contributed by atoms with Crippen LogP contribution in [0, 0.1) is 0 Å². The molecule has 5 heteroatoms. The molecule has 98 valence electrons. The van der Waals surface area contributed by atoms with Gasteiger partial charge in [-0.25, -0.2) is 0 Å². The summed E-state index contributed by atoms with van der Waals surface area (Å²) >= 11 is 1.33. The van der Waals surface area contributed by atoms with E-state index in [1.54, 1.807) is 0 Å². The van der Waals surface area contributed by atoms with E-state index in [1.165, 1.54) is 11.8 Å². The second kappa shape index (κ2) is 7.76. The summed E-state index contributed by atoms with van der Waals surface area (Å²) in [5, 5.41) is 11.3. The van der Waals surface area contributed by atoms with Gasteiger partial charge in [-0.05, 0) is 12.5 Å². The number of rotatable bonds is 7. The number of carbonyl (C=O) groups excluding carboxylic acids is 1. The molecule has 0 aliphatic rings. The minimum atomic E-state index is -0.833. The van der Waals surface area contributed by atoms with E-state index in [4.69, 9.17) is 5.11 Å². The number of amides is 1. The van der Waals surface area contributed by atoms with Gasteiger partial charge in [-0.1, -0.05) is 30.3 Å². The Kier molecular flexibility index (Phi) is 6.28. The zero-order chi connectivity index (χ0) is 13.4. The van der Waals surface area contributed by atoms with Gasteiger partial charge in [-0.15, -0.1) is 0 Å². The SMILES string of the molecule is CC(NC(=O)CSCCC(=O)O)c1ccccc1. The lowest BCUT2D eigenvalue weighted by Crippen LogP contribution is -2.28. The molecule has 1 unspecified atom stereocenters. The predicted octanol–water partition coefficient (Wildman–Crippen LogP) is 2.07. The second-order valence-corrected chi connectivity index (χ2v) is 5.00. The number of thioether (sulfide) groups is 1. The van der Waals surface area contributed by atoms with E-state index in [9.17, 15) is 9.59 Å². The van der Waals surface area contributed by atoms with Crippen molar-refractivity contribution in [3.63, 3.8) is 0 Å². The number of carboxylic acid groups (broad SMARTS) is 1. The number of benzene rings is 1. The lowest BCUT2D eigenvalue weighted by Gasteiger charge is -2.13. The van der Waals surface area contributed by atoms with Gasteiger partial charge in [0, 0.05) is 5.75 Å².